The highest BCUT2D eigenvalue weighted by molar-refractivity contribution is 5.99. The third-order valence-corrected chi connectivity index (χ3v) is 6.38. The highest BCUT2D eigenvalue weighted by Gasteiger charge is 2.29. The number of rotatable bonds is 4. The molecule has 2 aliphatic rings. The smallest absolute Gasteiger partial charge is 0.282 e. The van der Waals surface area contributed by atoms with Crippen LogP contribution in [0.25, 0.3) is 11.0 Å². The number of carbonyl (C=O) groups is 1. The second-order valence-electron chi connectivity index (χ2n) is 8.38. The van der Waals surface area contributed by atoms with Crippen LogP contribution < -0.4 is 4.90 Å². The van der Waals surface area contributed by atoms with Crippen molar-refractivity contribution < 1.29 is 9.72 Å². The molecule has 2 aliphatic heterocycles. The van der Waals surface area contributed by atoms with Crippen LogP contribution in [0.15, 0.2) is 42.5 Å². The molecule has 5 rings (SSSR count). The molecule has 0 aliphatic carbocycles. The number of likely N-dealkylation sites (tertiary alicyclic amines) is 1. The van der Waals surface area contributed by atoms with E-state index in [0.29, 0.717) is 13.1 Å². The van der Waals surface area contributed by atoms with Gasteiger partial charge in [-0.1, -0.05) is 12.1 Å². The maximum atomic E-state index is 13.0. The normalized spacial score (nSPS) is 19.2. The number of nitrogens with one attached hydrogen (secondary N) is 1. The van der Waals surface area contributed by atoms with E-state index in [1.807, 2.05) is 24.3 Å². The van der Waals surface area contributed by atoms with E-state index in [2.05, 4.69) is 9.88 Å². The van der Waals surface area contributed by atoms with E-state index in [1.54, 1.807) is 17.0 Å². The van der Waals surface area contributed by atoms with E-state index in [1.165, 1.54) is 6.07 Å². The number of amides is 1. The van der Waals surface area contributed by atoms with Crippen LogP contribution >= 0.6 is 0 Å². The fraction of sp³-hybridized carbons (Fsp3) is 0.391. The second-order valence-corrected chi connectivity index (χ2v) is 8.38. The predicted octanol–water partition coefficient (Wildman–Crippen LogP) is 4.09. The highest BCUT2D eigenvalue weighted by atomic mass is 16.6. The quantitative estimate of drug-likeness (QED) is 0.508. The summed E-state index contributed by atoms with van der Waals surface area (Å²) in [6.45, 7) is 2.94. The first-order valence-electron chi connectivity index (χ1n) is 10.9. The van der Waals surface area contributed by atoms with Gasteiger partial charge in [0.1, 0.15) is 11.4 Å². The number of H-pyrrole nitrogens is 1. The number of carbonyl (C=O) groups excluding carboxylic acids is 1. The number of nitro groups is 1. The molecule has 1 atom stereocenters. The first kappa shape index (κ1) is 19.5. The van der Waals surface area contributed by atoms with Gasteiger partial charge in [0.2, 0.25) is 0 Å². The lowest BCUT2D eigenvalue weighted by Gasteiger charge is -2.33. The van der Waals surface area contributed by atoms with Crippen molar-refractivity contribution >= 4 is 28.3 Å². The third-order valence-electron chi connectivity index (χ3n) is 6.38. The van der Waals surface area contributed by atoms with Gasteiger partial charge in [0, 0.05) is 43.9 Å². The molecule has 2 fully saturated rings. The molecule has 31 heavy (non-hydrogen) atoms. The number of aromatic amines is 1. The summed E-state index contributed by atoms with van der Waals surface area (Å²) in [4.78, 5) is 36.2. The molecule has 0 saturated carbocycles. The zero-order valence-corrected chi connectivity index (χ0v) is 17.3. The molecule has 8 nitrogen and oxygen atoms in total. The minimum absolute atomic E-state index is 0.119. The number of benzene rings is 2. The molecule has 2 aromatic carbocycles. The Balaban J connectivity index is 1.42. The largest absolute Gasteiger partial charge is 0.371 e. The van der Waals surface area contributed by atoms with Gasteiger partial charge in [0.25, 0.3) is 11.6 Å². The molecule has 0 spiro atoms. The Hall–Kier alpha value is -3.42. The van der Waals surface area contributed by atoms with E-state index in [9.17, 15) is 14.9 Å². The summed E-state index contributed by atoms with van der Waals surface area (Å²) in [5.41, 5.74) is 2.92. The van der Waals surface area contributed by atoms with Gasteiger partial charge in [-0.25, -0.2) is 4.98 Å². The topological polar surface area (TPSA) is 95.4 Å². The lowest BCUT2D eigenvalue weighted by molar-refractivity contribution is -0.385. The zero-order chi connectivity index (χ0) is 21.4. The molecule has 8 heteroatoms. The average molecular weight is 419 g/mol. The molecular formula is C23H25N5O3. The van der Waals surface area contributed by atoms with Crippen molar-refractivity contribution in [3.05, 3.63) is 64.0 Å². The monoisotopic (exact) mass is 419 g/mol. The van der Waals surface area contributed by atoms with Gasteiger partial charge in [-0.2, -0.15) is 0 Å². The van der Waals surface area contributed by atoms with E-state index >= 15 is 0 Å². The number of nitrogens with zero attached hydrogens (tertiary/aromatic N) is 4. The van der Waals surface area contributed by atoms with E-state index in [4.69, 9.17) is 4.98 Å². The van der Waals surface area contributed by atoms with E-state index in [0.717, 1.165) is 61.3 Å². The van der Waals surface area contributed by atoms with Gasteiger partial charge in [-0.3, -0.25) is 14.9 Å². The maximum absolute atomic E-state index is 13.0. The minimum atomic E-state index is -0.458. The fourth-order valence-electron chi connectivity index (χ4n) is 4.74. The Bertz CT molecular complexity index is 1100. The number of anilines is 1. The van der Waals surface area contributed by atoms with E-state index < -0.39 is 4.92 Å². The van der Waals surface area contributed by atoms with Crippen LogP contribution in [0.1, 0.15) is 47.8 Å². The summed E-state index contributed by atoms with van der Waals surface area (Å²) in [5.74, 6) is 0.979. The molecule has 1 amide bonds. The number of fused-ring (bicyclic) bond motifs is 1. The Labute approximate surface area is 180 Å². The van der Waals surface area contributed by atoms with Crippen LogP contribution in [-0.2, 0) is 0 Å². The summed E-state index contributed by atoms with van der Waals surface area (Å²) in [6, 6.07) is 13.0. The SMILES string of the molecule is O=C(c1cc(N2CCCC(c3nc4ccccc4[nH]3)C2)ccc1[N+](=O)[O-])N1CCCC1. The molecule has 1 aromatic heterocycles. The summed E-state index contributed by atoms with van der Waals surface area (Å²) in [6.07, 6.45) is 3.92. The molecule has 0 bridgehead atoms. The summed E-state index contributed by atoms with van der Waals surface area (Å²) >= 11 is 0. The van der Waals surface area contributed by atoms with Crippen LogP contribution in [0.3, 0.4) is 0 Å². The van der Waals surface area contributed by atoms with Crippen molar-refractivity contribution in [1.29, 1.82) is 0 Å². The first-order valence-corrected chi connectivity index (χ1v) is 10.9. The van der Waals surface area contributed by atoms with Crippen molar-refractivity contribution in [3.8, 4) is 0 Å². The Morgan fingerprint density at radius 2 is 1.90 bits per heavy atom. The lowest BCUT2D eigenvalue weighted by Crippen LogP contribution is -2.35. The van der Waals surface area contributed by atoms with Crippen molar-refractivity contribution in [1.82, 2.24) is 14.9 Å². The van der Waals surface area contributed by atoms with Crippen molar-refractivity contribution in [2.24, 2.45) is 0 Å². The molecule has 2 saturated heterocycles. The lowest BCUT2D eigenvalue weighted by atomic mass is 9.96. The summed E-state index contributed by atoms with van der Waals surface area (Å²) in [5, 5.41) is 11.6. The van der Waals surface area contributed by atoms with Gasteiger partial charge in [-0.05, 0) is 49.9 Å². The minimum Gasteiger partial charge on any atom is -0.371 e. The Morgan fingerprint density at radius 1 is 1.10 bits per heavy atom. The highest BCUT2D eigenvalue weighted by Crippen LogP contribution is 2.33. The van der Waals surface area contributed by atoms with Crippen molar-refractivity contribution in [2.45, 2.75) is 31.6 Å². The average Bonchev–Trinajstić information content (AvgIpc) is 3.48. The van der Waals surface area contributed by atoms with Gasteiger partial charge >= 0.3 is 0 Å². The standard InChI is InChI=1S/C23H25N5O3/c29-23(26-11-3-4-12-26)18-14-17(9-10-21(18)28(30)31)27-13-5-6-16(15-27)22-24-19-7-1-2-8-20(19)25-22/h1-2,7-10,14,16H,3-6,11-13,15H2,(H,24,25). The molecule has 1 unspecified atom stereocenters. The number of nitro benzene ring substituents is 1. The van der Waals surface area contributed by atoms with Gasteiger partial charge < -0.3 is 14.8 Å². The van der Waals surface area contributed by atoms with Crippen LogP contribution in [0, 0.1) is 10.1 Å². The second kappa shape index (κ2) is 8.02. The Morgan fingerprint density at radius 3 is 2.68 bits per heavy atom. The van der Waals surface area contributed by atoms with Crippen molar-refractivity contribution in [3.63, 3.8) is 0 Å². The van der Waals surface area contributed by atoms with Crippen molar-refractivity contribution in [2.75, 3.05) is 31.1 Å². The first-order chi connectivity index (χ1) is 15.1. The molecule has 0 radical (unpaired) electrons. The zero-order valence-electron chi connectivity index (χ0n) is 17.3. The molecule has 3 aromatic rings. The number of aromatic nitrogens is 2. The van der Waals surface area contributed by atoms with Crippen LogP contribution in [0.4, 0.5) is 11.4 Å². The van der Waals surface area contributed by atoms with Gasteiger partial charge in [0.05, 0.1) is 16.0 Å². The van der Waals surface area contributed by atoms with Gasteiger partial charge in [0.15, 0.2) is 0 Å². The van der Waals surface area contributed by atoms with Crippen LogP contribution in [-0.4, -0.2) is 51.9 Å². The van der Waals surface area contributed by atoms with Crippen LogP contribution in [0.5, 0.6) is 0 Å². The van der Waals surface area contributed by atoms with E-state index in [-0.39, 0.29) is 23.1 Å². The molecule has 3 heterocycles. The summed E-state index contributed by atoms with van der Waals surface area (Å²) < 4.78 is 0. The third kappa shape index (κ3) is 3.73. The number of imidazole rings is 1. The molecule has 160 valence electrons. The number of hydrogen-bond donors (Lipinski definition) is 1. The number of piperidine rings is 1. The molecular weight excluding hydrogens is 394 g/mol. The maximum Gasteiger partial charge on any atom is 0.282 e. The summed E-state index contributed by atoms with van der Waals surface area (Å²) in [7, 11) is 0. The molecule has 1 N–H and O–H groups in total. The van der Waals surface area contributed by atoms with Gasteiger partial charge in [-0.15, -0.1) is 0 Å². The predicted molar refractivity (Wildman–Crippen MR) is 119 cm³/mol. The Kier molecular flexibility index (Phi) is 5.05. The van der Waals surface area contributed by atoms with Crippen LogP contribution in [0.2, 0.25) is 0 Å². The number of hydrogen-bond acceptors (Lipinski definition) is 5. The fourth-order valence-corrected chi connectivity index (χ4v) is 4.74. The number of para-hydroxylation sites is 2.